The van der Waals surface area contributed by atoms with Gasteiger partial charge in [-0.3, -0.25) is 4.79 Å². The summed E-state index contributed by atoms with van der Waals surface area (Å²) in [5.74, 6) is -0.932. The number of carbonyl (C=O) groups excluding carboxylic acids is 1. The highest BCUT2D eigenvalue weighted by Crippen LogP contribution is 2.21. The molecule has 1 rings (SSSR count). The molecule has 0 aromatic carbocycles. The number of carbonyl (C=O) groups is 1. The molecule has 17 heavy (non-hydrogen) atoms. The number of nitrogens with one attached hydrogen (secondary N) is 1. The first-order valence-electron chi connectivity index (χ1n) is 5.53. The average Bonchev–Trinajstić information content (AvgIpc) is 2.71. The molecule has 0 radical (unpaired) electrons. The Morgan fingerprint density at radius 1 is 1.53 bits per heavy atom. The largest absolute Gasteiger partial charge is 0.303 e. The first kappa shape index (κ1) is 14.4. The molecule has 1 heterocycles. The van der Waals surface area contributed by atoms with Gasteiger partial charge in [0.1, 0.15) is 12.0 Å². The van der Waals surface area contributed by atoms with E-state index in [1.54, 1.807) is 13.8 Å². The van der Waals surface area contributed by atoms with Crippen molar-refractivity contribution in [2.75, 3.05) is 6.54 Å². The molecule has 1 aliphatic rings. The maximum atomic E-state index is 13.6. The Bertz CT molecular complexity index is 331. The fourth-order valence-corrected chi connectivity index (χ4v) is 1.94. The molecule has 1 fully saturated rings. The fraction of sp³-hybridized carbons (Fsp3) is 0.727. The van der Waals surface area contributed by atoms with Crippen molar-refractivity contribution in [3.63, 3.8) is 0 Å². The third kappa shape index (κ3) is 3.39. The van der Waals surface area contributed by atoms with Crippen LogP contribution in [0.25, 0.3) is 0 Å². The van der Waals surface area contributed by atoms with Crippen molar-refractivity contribution < 1.29 is 13.6 Å². The lowest BCUT2D eigenvalue weighted by Crippen LogP contribution is -2.43. The van der Waals surface area contributed by atoms with Crippen LogP contribution in [0, 0.1) is 0 Å². The molecule has 0 aromatic rings. The summed E-state index contributed by atoms with van der Waals surface area (Å²) in [6, 6.07) is -1.50. The number of amides is 1. The summed E-state index contributed by atoms with van der Waals surface area (Å²) in [5.41, 5.74) is 0.471. The molecule has 0 aromatic heterocycles. The standard InChI is InChI=1S/C11H17ClF2N2O/c1-6(2)10(14)7(3)16(12)11(17)9-4-8(13)5-15-9/h7-9,15H,4-5H2,1-3H3/t7-,8-,9+/m1/s1. The molecule has 1 N–H and O–H groups in total. The summed E-state index contributed by atoms with van der Waals surface area (Å²) in [6.07, 6.45) is -0.955. The van der Waals surface area contributed by atoms with E-state index in [0.29, 0.717) is 5.57 Å². The van der Waals surface area contributed by atoms with Crippen molar-refractivity contribution in [2.24, 2.45) is 0 Å². The number of nitrogens with zero attached hydrogens (tertiary/aromatic N) is 1. The zero-order valence-corrected chi connectivity index (χ0v) is 10.9. The van der Waals surface area contributed by atoms with E-state index in [1.165, 1.54) is 6.92 Å². The highest BCUT2D eigenvalue weighted by Gasteiger charge is 2.34. The van der Waals surface area contributed by atoms with Crippen molar-refractivity contribution in [3.05, 3.63) is 11.4 Å². The predicted octanol–water partition coefficient (Wildman–Crippen LogP) is 2.32. The van der Waals surface area contributed by atoms with Crippen LogP contribution in [0.15, 0.2) is 11.4 Å². The topological polar surface area (TPSA) is 32.3 Å². The summed E-state index contributed by atoms with van der Waals surface area (Å²) in [4.78, 5) is 11.8. The van der Waals surface area contributed by atoms with Crippen molar-refractivity contribution >= 4 is 17.7 Å². The van der Waals surface area contributed by atoms with E-state index in [4.69, 9.17) is 11.8 Å². The van der Waals surface area contributed by atoms with Crippen molar-refractivity contribution in [1.29, 1.82) is 0 Å². The Labute approximate surface area is 105 Å². The van der Waals surface area contributed by atoms with Crippen LogP contribution in [0.4, 0.5) is 8.78 Å². The van der Waals surface area contributed by atoms with Crippen LogP contribution in [0.3, 0.4) is 0 Å². The Balaban J connectivity index is 2.67. The van der Waals surface area contributed by atoms with Crippen molar-refractivity contribution in [1.82, 2.24) is 9.74 Å². The summed E-state index contributed by atoms with van der Waals surface area (Å²) in [6.45, 7) is 4.84. The molecule has 1 saturated heterocycles. The zero-order chi connectivity index (χ0) is 13.2. The van der Waals surface area contributed by atoms with E-state index >= 15 is 0 Å². The Morgan fingerprint density at radius 3 is 2.53 bits per heavy atom. The average molecular weight is 267 g/mol. The second kappa shape index (κ2) is 5.78. The van der Waals surface area contributed by atoms with E-state index in [0.717, 1.165) is 4.42 Å². The smallest absolute Gasteiger partial charge is 0.254 e. The summed E-state index contributed by atoms with van der Waals surface area (Å²) in [5, 5.41) is 2.72. The van der Waals surface area contributed by atoms with Crippen LogP contribution < -0.4 is 5.32 Å². The highest BCUT2D eigenvalue weighted by atomic mass is 35.5. The molecule has 0 saturated carbocycles. The maximum absolute atomic E-state index is 13.6. The van der Waals surface area contributed by atoms with Gasteiger partial charge in [-0.15, -0.1) is 0 Å². The quantitative estimate of drug-likeness (QED) is 0.795. The minimum absolute atomic E-state index is 0.0885. The molecule has 0 spiro atoms. The number of halogens is 3. The second-order valence-corrected chi connectivity index (χ2v) is 4.83. The summed E-state index contributed by atoms with van der Waals surface area (Å²) >= 11 is 5.80. The van der Waals surface area contributed by atoms with Crippen LogP contribution in [0.5, 0.6) is 0 Å². The summed E-state index contributed by atoms with van der Waals surface area (Å²) < 4.78 is 27.3. The third-order valence-corrected chi connectivity index (χ3v) is 3.23. The lowest BCUT2D eigenvalue weighted by molar-refractivity contribution is -0.129. The minimum atomic E-state index is -1.04. The highest BCUT2D eigenvalue weighted by molar-refractivity contribution is 6.22. The van der Waals surface area contributed by atoms with E-state index in [-0.39, 0.29) is 13.0 Å². The van der Waals surface area contributed by atoms with E-state index in [1.807, 2.05) is 0 Å². The Hall–Kier alpha value is -0.680. The molecule has 98 valence electrons. The monoisotopic (exact) mass is 266 g/mol. The maximum Gasteiger partial charge on any atom is 0.254 e. The van der Waals surface area contributed by atoms with Crippen molar-refractivity contribution in [3.8, 4) is 0 Å². The van der Waals surface area contributed by atoms with Gasteiger partial charge in [0, 0.05) is 24.7 Å². The SMILES string of the molecule is CC(C)=C(F)[C@@H](C)N(Cl)C(=O)[C@@H]1C[C@@H](F)CN1. The first-order chi connectivity index (χ1) is 7.84. The molecule has 1 amide bonds. The molecular weight excluding hydrogens is 250 g/mol. The van der Waals surface area contributed by atoms with Gasteiger partial charge in [-0.1, -0.05) is 0 Å². The third-order valence-electron chi connectivity index (χ3n) is 2.77. The predicted molar refractivity (Wildman–Crippen MR) is 62.9 cm³/mol. The molecule has 1 aliphatic heterocycles. The zero-order valence-electron chi connectivity index (χ0n) is 10.1. The van der Waals surface area contributed by atoms with E-state index in [9.17, 15) is 13.6 Å². The molecule has 3 atom stereocenters. The van der Waals surface area contributed by atoms with Gasteiger partial charge in [-0.2, -0.15) is 0 Å². The molecular formula is C11H17ClF2N2O. The molecule has 3 nitrogen and oxygen atoms in total. The molecule has 0 bridgehead atoms. The lowest BCUT2D eigenvalue weighted by Gasteiger charge is -2.24. The van der Waals surface area contributed by atoms with Crippen LogP contribution >= 0.6 is 11.8 Å². The van der Waals surface area contributed by atoms with Crippen LogP contribution in [-0.4, -0.2) is 35.1 Å². The molecule has 0 unspecified atom stereocenters. The van der Waals surface area contributed by atoms with Crippen LogP contribution in [0.1, 0.15) is 27.2 Å². The minimum Gasteiger partial charge on any atom is -0.303 e. The van der Waals surface area contributed by atoms with Crippen LogP contribution in [-0.2, 0) is 4.79 Å². The van der Waals surface area contributed by atoms with Gasteiger partial charge in [0.15, 0.2) is 0 Å². The Morgan fingerprint density at radius 2 is 2.12 bits per heavy atom. The number of allylic oxidation sites excluding steroid dienone is 1. The van der Waals surface area contributed by atoms with Gasteiger partial charge in [0.2, 0.25) is 0 Å². The number of rotatable bonds is 3. The van der Waals surface area contributed by atoms with Crippen molar-refractivity contribution in [2.45, 2.75) is 45.4 Å². The van der Waals surface area contributed by atoms with Gasteiger partial charge in [-0.25, -0.2) is 13.2 Å². The molecule has 0 aliphatic carbocycles. The number of hydrogen-bond acceptors (Lipinski definition) is 2. The van der Waals surface area contributed by atoms with Gasteiger partial charge in [0.25, 0.3) is 5.91 Å². The second-order valence-electron chi connectivity index (χ2n) is 4.47. The normalized spacial score (nSPS) is 25.5. The van der Waals surface area contributed by atoms with Gasteiger partial charge < -0.3 is 5.32 Å². The molecule has 6 heteroatoms. The van der Waals surface area contributed by atoms with Gasteiger partial charge in [-0.05, 0) is 26.3 Å². The Kier molecular flexibility index (Phi) is 4.89. The summed E-state index contributed by atoms with van der Waals surface area (Å²) in [7, 11) is 0. The van der Waals surface area contributed by atoms with E-state index in [2.05, 4.69) is 5.32 Å². The number of hydrogen-bond donors (Lipinski definition) is 1. The fourth-order valence-electron chi connectivity index (χ4n) is 1.74. The van der Waals surface area contributed by atoms with Gasteiger partial charge >= 0.3 is 0 Å². The van der Waals surface area contributed by atoms with Crippen LogP contribution in [0.2, 0.25) is 0 Å². The lowest BCUT2D eigenvalue weighted by atomic mass is 10.1. The first-order valence-corrected chi connectivity index (χ1v) is 5.87. The number of alkyl halides is 1. The van der Waals surface area contributed by atoms with Gasteiger partial charge in [0.05, 0.1) is 12.1 Å². The van der Waals surface area contributed by atoms with E-state index < -0.39 is 30.0 Å².